The molecule has 1 heterocycles. The van der Waals surface area contributed by atoms with Gasteiger partial charge in [0.15, 0.2) is 0 Å². The Labute approximate surface area is 129 Å². The Kier molecular flexibility index (Phi) is 4.99. The Bertz CT molecular complexity index is 380. The summed E-state index contributed by atoms with van der Waals surface area (Å²) in [6.07, 6.45) is 6.78. The zero-order valence-corrected chi connectivity index (χ0v) is 14.2. The third-order valence-corrected chi connectivity index (χ3v) is 5.63. The van der Waals surface area contributed by atoms with Crippen LogP contribution < -0.4 is 11.1 Å². The molecule has 0 spiro atoms. The fourth-order valence-electron chi connectivity index (χ4n) is 4.46. The van der Waals surface area contributed by atoms with Crippen molar-refractivity contribution < 1.29 is 4.79 Å². The van der Waals surface area contributed by atoms with Crippen LogP contribution >= 0.6 is 0 Å². The van der Waals surface area contributed by atoms with E-state index in [1.807, 2.05) is 0 Å². The molecule has 2 unspecified atom stereocenters. The Morgan fingerprint density at radius 3 is 2.57 bits per heavy atom. The second-order valence-corrected chi connectivity index (χ2v) is 7.92. The lowest BCUT2D eigenvalue weighted by molar-refractivity contribution is -0.126. The number of hydrogen-bond acceptors (Lipinski definition) is 3. The Morgan fingerprint density at radius 2 is 2.05 bits per heavy atom. The highest BCUT2D eigenvalue weighted by Gasteiger charge is 2.48. The van der Waals surface area contributed by atoms with Crippen LogP contribution in [0.15, 0.2) is 0 Å². The summed E-state index contributed by atoms with van der Waals surface area (Å²) in [5.74, 6) is 0.230. The highest BCUT2D eigenvalue weighted by atomic mass is 16.1. The van der Waals surface area contributed by atoms with E-state index in [9.17, 15) is 4.79 Å². The van der Waals surface area contributed by atoms with E-state index < -0.39 is 5.54 Å². The van der Waals surface area contributed by atoms with E-state index in [1.54, 1.807) is 0 Å². The largest absolute Gasteiger partial charge is 0.368 e. The van der Waals surface area contributed by atoms with Gasteiger partial charge in [-0.3, -0.25) is 9.69 Å². The van der Waals surface area contributed by atoms with E-state index in [0.29, 0.717) is 17.5 Å². The smallest absolute Gasteiger partial charge is 0.238 e. The molecule has 0 aromatic heterocycles. The molecule has 2 fully saturated rings. The lowest BCUT2D eigenvalue weighted by Gasteiger charge is -2.38. The highest BCUT2D eigenvalue weighted by molar-refractivity contribution is 5.85. The van der Waals surface area contributed by atoms with Crippen molar-refractivity contribution >= 4 is 5.91 Å². The van der Waals surface area contributed by atoms with E-state index in [4.69, 9.17) is 5.73 Å². The Morgan fingerprint density at radius 1 is 1.33 bits per heavy atom. The SMILES string of the molecule is CC(C)NC1(C(N)=O)CCCC1CCN1CCCC1(C)C. The van der Waals surface area contributed by atoms with Gasteiger partial charge in [-0.2, -0.15) is 0 Å². The highest BCUT2D eigenvalue weighted by Crippen LogP contribution is 2.39. The van der Waals surface area contributed by atoms with Gasteiger partial charge in [0.25, 0.3) is 0 Å². The van der Waals surface area contributed by atoms with Crippen LogP contribution in [0.5, 0.6) is 0 Å². The number of primary amides is 1. The van der Waals surface area contributed by atoms with Crippen LogP contribution in [0.25, 0.3) is 0 Å². The van der Waals surface area contributed by atoms with Crippen LogP contribution in [0.2, 0.25) is 0 Å². The van der Waals surface area contributed by atoms with Crippen LogP contribution in [0, 0.1) is 5.92 Å². The van der Waals surface area contributed by atoms with Crippen molar-refractivity contribution in [3.05, 3.63) is 0 Å². The number of rotatable bonds is 6. The van der Waals surface area contributed by atoms with Crippen LogP contribution in [0.4, 0.5) is 0 Å². The van der Waals surface area contributed by atoms with Crippen LogP contribution in [-0.2, 0) is 4.79 Å². The maximum atomic E-state index is 12.1. The van der Waals surface area contributed by atoms with Gasteiger partial charge in [-0.25, -0.2) is 0 Å². The first-order valence-corrected chi connectivity index (χ1v) is 8.60. The van der Waals surface area contributed by atoms with Gasteiger partial charge in [-0.1, -0.05) is 6.42 Å². The molecule has 122 valence electrons. The third-order valence-electron chi connectivity index (χ3n) is 5.63. The fourth-order valence-corrected chi connectivity index (χ4v) is 4.46. The quantitative estimate of drug-likeness (QED) is 0.790. The zero-order chi connectivity index (χ0) is 15.7. The molecule has 0 aromatic rings. The number of nitrogens with two attached hydrogens (primary N) is 1. The molecular weight excluding hydrogens is 262 g/mol. The Balaban J connectivity index is 2.02. The van der Waals surface area contributed by atoms with Crippen LogP contribution in [0.3, 0.4) is 0 Å². The van der Waals surface area contributed by atoms with Crippen molar-refractivity contribution in [2.24, 2.45) is 11.7 Å². The monoisotopic (exact) mass is 295 g/mol. The van der Waals surface area contributed by atoms with Crippen molar-refractivity contribution in [1.82, 2.24) is 10.2 Å². The normalized spacial score (nSPS) is 32.9. The van der Waals surface area contributed by atoms with Gasteiger partial charge in [-0.05, 0) is 78.8 Å². The Hall–Kier alpha value is -0.610. The average molecular weight is 295 g/mol. The molecule has 0 radical (unpaired) electrons. The molecule has 21 heavy (non-hydrogen) atoms. The van der Waals surface area contributed by atoms with Gasteiger partial charge in [0, 0.05) is 11.6 Å². The van der Waals surface area contributed by atoms with Gasteiger partial charge >= 0.3 is 0 Å². The number of nitrogens with one attached hydrogen (secondary N) is 1. The minimum absolute atomic E-state index is 0.153. The minimum atomic E-state index is -0.474. The van der Waals surface area contributed by atoms with E-state index in [-0.39, 0.29) is 5.91 Å². The lowest BCUT2D eigenvalue weighted by Crippen LogP contribution is -2.60. The summed E-state index contributed by atoms with van der Waals surface area (Å²) < 4.78 is 0. The van der Waals surface area contributed by atoms with Crippen molar-refractivity contribution in [3.63, 3.8) is 0 Å². The number of carbonyl (C=O) groups is 1. The standard InChI is InChI=1S/C17H33N3O/c1-13(2)19-17(15(18)21)10-5-7-14(17)8-12-20-11-6-9-16(20,3)4/h13-14,19H,5-12H2,1-4H3,(H2,18,21). The molecule has 1 saturated heterocycles. The summed E-state index contributed by atoms with van der Waals surface area (Å²) in [5, 5.41) is 3.51. The molecule has 1 aliphatic heterocycles. The molecule has 3 N–H and O–H groups in total. The topological polar surface area (TPSA) is 58.4 Å². The minimum Gasteiger partial charge on any atom is -0.368 e. The molecule has 2 rings (SSSR count). The molecule has 4 heteroatoms. The predicted octanol–water partition coefficient (Wildman–Crippen LogP) is 2.27. The molecule has 1 aliphatic carbocycles. The lowest BCUT2D eigenvalue weighted by atomic mass is 9.83. The molecule has 2 aliphatic rings. The van der Waals surface area contributed by atoms with E-state index in [1.165, 1.54) is 19.4 Å². The third kappa shape index (κ3) is 3.42. The van der Waals surface area contributed by atoms with Gasteiger partial charge in [-0.15, -0.1) is 0 Å². The molecule has 1 saturated carbocycles. The van der Waals surface area contributed by atoms with Crippen LogP contribution in [-0.4, -0.2) is 41.0 Å². The fraction of sp³-hybridized carbons (Fsp3) is 0.941. The van der Waals surface area contributed by atoms with E-state index >= 15 is 0 Å². The maximum Gasteiger partial charge on any atom is 0.238 e. The number of hydrogen-bond donors (Lipinski definition) is 2. The molecule has 2 atom stereocenters. The first-order valence-electron chi connectivity index (χ1n) is 8.60. The first kappa shape index (κ1) is 16.8. The van der Waals surface area contributed by atoms with Gasteiger partial charge in [0.2, 0.25) is 5.91 Å². The number of carbonyl (C=O) groups excluding carboxylic acids is 1. The summed E-state index contributed by atoms with van der Waals surface area (Å²) in [5.41, 5.74) is 5.64. The molecule has 1 amide bonds. The number of amides is 1. The summed E-state index contributed by atoms with van der Waals surface area (Å²) in [7, 11) is 0. The molecule has 4 nitrogen and oxygen atoms in total. The summed E-state index contributed by atoms with van der Waals surface area (Å²) >= 11 is 0. The van der Waals surface area contributed by atoms with Gasteiger partial charge in [0.05, 0.1) is 0 Å². The summed E-state index contributed by atoms with van der Waals surface area (Å²) in [4.78, 5) is 14.7. The summed E-state index contributed by atoms with van der Waals surface area (Å²) in [6, 6.07) is 0.293. The summed E-state index contributed by atoms with van der Waals surface area (Å²) in [6.45, 7) is 11.2. The molecule has 0 bridgehead atoms. The van der Waals surface area contributed by atoms with Crippen molar-refractivity contribution in [1.29, 1.82) is 0 Å². The van der Waals surface area contributed by atoms with Crippen molar-refractivity contribution in [2.75, 3.05) is 13.1 Å². The second-order valence-electron chi connectivity index (χ2n) is 7.92. The zero-order valence-electron chi connectivity index (χ0n) is 14.2. The number of likely N-dealkylation sites (tertiary alicyclic amines) is 1. The second kappa shape index (κ2) is 6.25. The van der Waals surface area contributed by atoms with Crippen molar-refractivity contribution in [3.8, 4) is 0 Å². The van der Waals surface area contributed by atoms with Gasteiger partial charge < -0.3 is 11.1 Å². The van der Waals surface area contributed by atoms with Crippen LogP contribution in [0.1, 0.15) is 66.2 Å². The predicted molar refractivity (Wildman–Crippen MR) is 87.0 cm³/mol. The van der Waals surface area contributed by atoms with Gasteiger partial charge in [0.1, 0.15) is 5.54 Å². The maximum absolute atomic E-state index is 12.1. The number of nitrogens with zero attached hydrogens (tertiary/aromatic N) is 1. The molecular formula is C17H33N3O. The average Bonchev–Trinajstić information content (AvgIpc) is 2.90. The molecule has 0 aromatic carbocycles. The van der Waals surface area contributed by atoms with E-state index in [2.05, 4.69) is 37.9 Å². The van der Waals surface area contributed by atoms with E-state index in [0.717, 1.165) is 32.2 Å². The first-order chi connectivity index (χ1) is 9.78. The van der Waals surface area contributed by atoms with Crippen molar-refractivity contribution in [2.45, 2.75) is 83.3 Å².